The first-order chi connectivity index (χ1) is 7.15. The smallest absolute Gasteiger partial charge is 0.309 e. The molecule has 6 nitrogen and oxygen atoms in total. The molecule has 0 spiro atoms. The molecular formula is C9H18N2O4. The Kier molecular flexibility index (Phi) is 7.57. The van der Waals surface area contributed by atoms with Crippen molar-refractivity contribution < 1.29 is 19.4 Å². The fourth-order valence-corrected chi connectivity index (χ4v) is 0.875. The van der Waals surface area contributed by atoms with Crippen molar-refractivity contribution in [2.24, 2.45) is 0 Å². The number of carbonyl (C=O) groups excluding carboxylic acids is 2. The maximum atomic E-state index is 11.2. The van der Waals surface area contributed by atoms with Gasteiger partial charge < -0.3 is 20.5 Å². The summed E-state index contributed by atoms with van der Waals surface area (Å²) >= 11 is 0. The van der Waals surface area contributed by atoms with Gasteiger partial charge in [-0.2, -0.15) is 0 Å². The number of nitrogens with one attached hydrogen (secondary N) is 2. The zero-order valence-corrected chi connectivity index (χ0v) is 9.08. The predicted octanol–water partition coefficient (Wildman–Crippen LogP) is -1.36. The molecule has 0 aromatic heterocycles. The number of hydrogen-bond acceptors (Lipinski definition) is 4. The van der Waals surface area contributed by atoms with Crippen molar-refractivity contribution in [1.82, 2.24) is 10.6 Å². The van der Waals surface area contributed by atoms with Gasteiger partial charge in [0.2, 0.25) is 0 Å². The van der Waals surface area contributed by atoms with Gasteiger partial charge in [0.15, 0.2) is 0 Å². The van der Waals surface area contributed by atoms with E-state index in [1.54, 1.807) is 0 Å². The highest BCUT2D eigenvalue weighted by Crippen LogP contribution is 1.88. The molecule has 0 aliphatic heterocycles. The van der Waals surface area contributed by atoms with Crippen LogP contribution in [-0.4, -0.2) is 49.8 Å². The maximum absolute atomic E-state index is 11.2. The molecule has 6 heteroatoms. The Morgan fingerprint density at radius 3 is 2.53 bits per heavy atom. The maximum Gasteiger partial charge on any atom is 0.309 e. The Morgan fingerprint density at radius 2 is 2.07 bits per heavy atom. The number of carbonyl (C=O) groups is 2. The fourth-order valence-electron chi connectivity index (χ4n) is 0.875. The second kappa shape index (κ2) is 8.19. The van der Waals surface area contributed by atoms with Gasteiger partial charge >= 0.3 is 11.8 Å². The molecule has 88 valence electrons. The Hall–Kier alpha value is -1.14. The van der Waals surface area contributed by atoms with Gasteiger partial charge in [0.05, 0.1) is 19.3 Å². The van der Waals surface area contributed by atoms with E-state index in [0.717, 1.165) is 0 Å². The summed E-state index contributed by atoms with van der Waals surface area (Å²) in [6.45, 7) is 2.28. The van der Waals surface area contributed by atoms with Crippen LogP contribution in [0.5, 0.6) is 0 Å². The molecule has 0 aromatic carbocycles. The normalized spacial score (nSPS) is 11.9. The molecule has 2 amide bonds. The lowest BCUT2D eigenvalue weighted by Gasteiger charge is -2.13. The Labute approximate surface area is 89.0 Å². The first-order valence-electron chi connectivity index (χ1n) is 4.84. The number of rotatable bonds is 6. The van der Waals surface area contributed by atoms with E-state index in [0.29, 0.717) is 19.6 Å². The fraction of sp³-hybridized carbons (Fsp3) is 0.778. The van der Waals surface area contributed by atoms with E-state index in [1.165, 1.54) is 7.11 Å². The van der Waals surface area contributed by atoms with Crippen molar-refractivity contribution in [2.45, 2.75) is 19.4 Å². The number of amides is 2. The van der Waals surface area contributed by atoms with Gasteiger partial charge in [-0.25, -0.2) is 0 Å². The Morgan fingerprint density at radius 1 is 1.40 bits per heavy atom. The molecule has 0 aliphatic carbocycles. The molecular weight excluding hydrogens is 200 g/mol. The molecule has 0 fully saturated rings. The first kappa shape index (κ1) is 13.9. The van der Waals surface area contributed by atoms with Crippen LogP contribution in [0.1, 0.15) is 13.3 Å². The molecule has 0 heterocycles. The van der Waals surface area contributed by atoms with E-state index in [9.17, 15) is 9.59 Å². The van der Waals surface area contributed by atoms with Crippen LogP contribution < -0.4 is 10.6 Å². The second-order valence-electron chi connectivity index (χ2n) is 3.01. The van der Waals surface area contributed by atoms with Gasteiger partial charge in [0.1, 0.15) is 0 Å². The van der Waals surface area contributed by atoms with Gasteiger partial charge in [-0.05, 0) is 6.42 Å². The van der Waals surface area contributed by atoms with Gasteiger partial charge in [0, 0.05) is 13.7 Å². The standard InChI is InChI=1S/C9H18N2O4/c1-3-7(6-12)11-9(14)8(13)10-4-5-15-2/h7,12H,3-6H2,1-2H3,(H,10,13)(H,11,14)/t7-/m0/s1. The molecule has 0 unspecified atom stereocenters. The molecule has 0 saturated heterocycles. The summed E-state index contributed by atoms with van der Waals surface area (Å²) in [5, 5.41) is 13.6. The zero-order valence-electron chi connectivity index (χ0n) is 9.08. The van der Waals surface area contributed by atoms with E-state index < -0.39 is 11.8 Å². The van der Waals surface area contributed by atoms with Crippen molar-refractivity contribution >= 4 is 11.8 Å². The third-order valence-corrected chi connectivity index (χ3v) is 1.85. The summed E-state index contributed by atoms with van der Waals surface area (Å²) < 4.78 is 4.71. The monoisotopic (exact) mass is 218 g/mol. The summed E-state index contributed by atoms with van der Waals surface area (Å²) in [5.74, 6) is -1.44. The minimum Gasteiger partial charge on any atom is -0.394 e. The van der Waals surface area contributed by atoms with Crippen LogP contribution in [0.2, 0.25) is 0 Å². The molecule has 0 radical (unpaired) electrons. The van der Waals surface area contributed by atoms with Crippen LogP contribution >= 0.6 is 0 Å². The summed E-state index contributed by atoms with van der Waals surface area (Å²) in [6.07, 6.45) is 0.577. The summed E-state index contributed by atoms with van der Waals surface area (Å²) in [5.41, 5.74) is 0. The topological polar surface area (TPSA) is 87.7 Å². The highest BCUT2D eigenvalue weighted by Gasteiger charge is 2.16. The molecule has 0 aliphatic rings. The molecule has 3 N–H and O–H groups in total. The second-order valence-corrected chi connectivity index (χ2v) is 3.01. The number of ether oxygens (including phenoxy) is 1. The quantitative estimate of drug-likeness (QED) is 0.379. The lowest BCUT2D eigenvalue weighted by molar-refractivity contribution is -0.139. The third kappa shape index (κ3) is 6.03. The number of aliphatic hydroxyl groups is 1. The molecule has 0 aromatic rings. The van der Waals surface area contributed by atoms with Crippen LogP contribution in [0.4, 0.5) is 0 Å². The predicted molar refractivity (Wildman–Crippen MR) is 54.2 cm³/mol. The minimum absolute atomic E-state index is 0.173. The lowest BCUT2D eigenvalue weighted by Crippen LogP contribution is -2.46. The summed E-state index contributed by atoms with van der Waals surface area (Å²) in [7, 11) is 1.51. The van der Waals surface area contributed by atoms with Gasteiger partial charge in [-0.1, -0.05) is 6.92 Å². The highest BCUT2D eigenvalue weighted by molar-refractivity contribution is 6.35. The van der Waals surface area contributed by atoms with Crippen LogP contribution in [0.25, 0.3) is 0 Å². The average Bonchev–Trinajstić information content (AvgIpc) is 2.25. The third-order valence-electron chi connectivity index (χ3n) is 1.85. The Bertz CT molecular complexity index is 204. The van der Waals surface area contributed by atoms with E-state index >= 15 is 0 Å². The molecule has 1 atom stereocenters. The highest BCUT2D eigenvalue weighted by atomic mass is 16.5. The number of methoxy groups -OCH3 is 1. The summed E-state index contributed by atoms with van der Waals surface area (Å²) in [4.78, 5) is 22.3. The van der Waals surface area contributed by atoms with Crippen LogP contribution in [0, 0.1) is 0 Å². The van der Waals surface area contributed by atoms with Crippen molar-refractivity contribution in [1.29, 1.82) is 0 Å². The van der Waals surface area contributed by atoms with Crippen molar-refractivity contribution in [3.63, 3.8) is 0 Å². The number of aliphatic hydroxyl groups excluding tert-OH is 1. The van der Waals surface area contributed by atoms with Gasteiger partial charge in [-0.15, -0.1) is 0 Å². The SMILES string of the molecule is CC[C@@H](CO)NC(=O)C(=O)NCCOC. The van der Waals surface area contributed by atoms with Crippen molar-refractivity contribution in [3.8, 4) is 0 Å². The van der Waals surface area contributed by atoms with E-state index in [4.69, 9.17) is 9.84 Å². The van der Waals surface area contributed by atoms with E-state index in [1.807, 2.05) is 6.92 Å². The zero-order chi connectivity index (χ0) is 11.7. The molecule has 0 bridgehead atoms. The van der Waals surface area contributed by atoms with Crippen molar-refractivity contribution in [3.05, 3.63) is 0 Å². The largest absolute Gasteiger partial charge is 0.394 e. The van der Waals surface area contributed by atoms with Crippen molar-refractivity contribution in [2.75, 3.05) is 26.9 Å². The summed E-state index contributed by atoms with van der Waals surface area (Å²) in [6, 6.07) is -0.370. The van der Waals surface area contributed by atoms with Gasteiger partial charge in [-0.3, -0.25) is 9.59 Å². The van der Waals surface area contributed by atoms with E-state index in [-0.39, 0.29) is 12.6 Å². The van der Waals surface area contributed by atoms with Crippen LogP contribution in [-0.2, 0) is 14.3 Å². The molecule has 15 heavy (non-hydrogen) atoms. The minimum atomic E-state index is -0.730. The Balaban J connectivity index is 3.82. The average molecular weight is 218 g/mol. The molecule has 0 rings (SSSR count). The van der Waals surface area contributed by atoms with E-state index in [2.05, 4.69) is 10.6 Å². The number of hydrogen-bond donors (Lipinski definition) is 3. The molecule has 0 saturated carbocycles. The van der Waals surface area contributed by atoms with Crippen LogP contribution in [0.15, 0.2) is 0 Å². The van der Waals surface area contributed by atoms with Crippen LogP contribution in [0.3, 0.4) is 0 Å². The first-order valence-corrected chi connectivity index (χ1v) is 4.84. The van der Waals surface area contributed by atoms with Gasteiger partial charge in [0.25, 0.3) is 0 Å². The lowest BCUT2D eigenvalue weighted by atomic mass is 10.2.